The lowest BCUT2D eigenvalue weighted by Gasteiger charge is -2.19. The molecule has 1 aromatic rings. The predicted molar refractivity (Wildman–Crippen MR) is 76.5 cm³/mol. The monoisotopic (exact) mass is 253 g/mol. The van der Waals surface area contributed by atoms with E-state index in [1.165, 1.54) is 5.56 Å². The molecule has 2 nitrogen and oxygen atoms in total. The Bertz CT molecular complexity index is 292. The van der Waals surface area contributed by atoms with Crippen LogP contribution in [0.1, 0.15) is 31.4 Å². The van der Waals surface area contributed by atoms with E-state index in [9.17, 15) is 5.11 Å². The van der Waals surface area contributed by atoms with Gasteiger partial charge >= 0.3 is 0 Å². The maximum absolute atomic E-state index is 9.53. The fourth-order valence-electron chi connectivity index (χ4n) is 1.75. The molecule has 0 aliphatic rings. The molecule has 0 radical (unpaired) electrons. The van der Waals surface area contributed by atoms with E-state index in [1.807, 2.05) is 24.8 Å². The summed E-state index contributed by atoms with van der Waals surface area (Å²) in [5.41, 5.74) is 1.33. The average Bonchev–Trinajstić information content (AvgIpc) is 2.38. The first-order valence-electron chi connectivity index (χ1n) is 6.23. The number of nitrogens with one attached hydrogen (secondary N) is 1. The van der Waals surface area contributed by atoms with E-state index in [4.69, 9.17) is 0 Å². The Morgan fingerprint density at radius 1 is 1.29 bits per heavy atom. The number of benzene rings is 1. The van der Waals surface area contributed by atoms with Gasteiger partial charge in [0.2, 0.25) is 0 Å². The molecule has 96 valence electrons. The van der Waals surface area contributed by atoms with Gasteiger partial charge in [-0.15, -0.1) is 0 Å². The van der Waals surface area contributed by atoms with Gasteiger partial charge in [0, 0.05) is 11.8 Å². The van der Waals surface area contributed by atoms with Gasteiger partial charge in [-0.2, -0.15) is 11.8 Å². The molecular weight excluding hydrogens is 230 g/mol. The topological polar surface area (TPSA) is 32.3 Å². The SMILES string of the molecule is CCC(O)CCNC(CSC)c1ccccc1. The Labute approximate surface area is 109 Å². The third kappa shape index (κ3) is 5.57. The minimum absolute atomic E-state index is 0.173. The molecule has 0 aromatic heterocycles. The van der Waals surface area contributed by atoms with Crippen molar-refractivity contribution in [3.05, 3.63) is 35.9 Å². The van der Waals surface area contributed by atoms with Crippen molar-refractivity contribution in [1.29, 1.82) is 0 Å². The Hall–Kier alpha value is -0.510. The van der Waals surface area contributed by atoms with Crippen LogP contribution in [0.2, 0.25) is 0 Å². The second-order valence-electron chi connectivity index (χ2n) is 4.22. The van der Waals surface area contributed by atoms with Gasteiger partial charge in [-0.1, -0.05) is 37.3 Å². The lowest BCUT2D eigenvalue weighted by atomic mass is 10.1. The van der Waals surface area contributed by atoms with Crippen LogP contribution in [-0.4, -0.2) is 29.8 Å². The molecule has 2 N–H and O–H groups in total. The molecule has 0 spiro atoms. The largest absolute Gasteiger partial charge is 0.393 e. The summed E-state index contributed by atoms with van der Waals surface area (Å²) in [5.74, 6) is 1.06. The van der Waals surface area contributed by atoms with Gasteiger partial charge in [-0.25, -0.2) is 0 Å². The summed E-state index contributed by atoms with van der Waals surface area (Å²) < 4.78 is 0. The minimum atomic E-state index is -0.173. The van der Waals surface area contributed by atoms with Crippen molar-refractivity contribution in [2.45, 2.75) is 31.9 Å². The van der Waals surface area contributed by atoms with Crippen molar-refractivity contribution < 1.29 is 5.11 Å². The number of aliphatic hydroxyl groups excluding tert-OH is 1. The lowest BCUT2D eigenvalue weighted by Crippen LogP contribution is -2.26. The summed E-state index contributed by atoms with van der Waals surface area (Å²) in [4.78, 5) is 0. The molecule has 0 amide bonds. The molecular formula is C14H23NOS. The standard InChI is InChI=1S/C14H23NOS/c1-3-13(16)9-10-15-14(11-17-2)12-7-5-4-6-8-12/h4-8,13-16H,3,9-11H2,1-2H3. The molecule has 0 saturated carbocycles. The van der Waals surface area contributed by atoms with Crippen molar-refractivity contribution in [2.75, 3.05) is 18.6 Å². The highest BCUT2D eigenvalue weighted by molar-refractivity contribution is 7.98. The zero-order valence-electron chi connectivity index (χ0n) is 10.7. The van der Waals surface area contributed by atoms with Crippen LogP contribution in [0.3, 0.4) is 0 Å². The highest BCUT2D eigenvalue weighted by Crippen LogP contribution is 2.16. The lowest BCUT2D eigenvalue weighted by molar-refractivity contribution is 0.159. The Balaban J connectivity index is 2.44. The molecule has 1 rings (SSSR count). The smallest absolute Gasteiger partial charge is 0.0549 e. The normalized spacial score (nSPS) is 14.5. The first-order chi connectivity index (χ1) is 8.27. The molecule has 0 aliphatic heterocycles. The molecule has 2 atom stereocenters. The van der Waals surface area contributed by atoms with E-state index in [0.717, 1.165) is 25.1 Å². The minimum Gasteiger partial charge on any atom is -0.393 e. The van der Waals surface area contributed by atoms with E-state index in [1.54, 1.807) is 0 Å². The van der Waals surface area contributed by atoms with Crippen molar-refractivity contribution in [1.82, 2.24) is 5.32 Å². The summed E-state index contributed by atoms with van der Waals surface area (Å²) in [6.45, 7) is 2.89. The maximum Gasteiger partial charge on any atom is 0.0549 e. The van der Waals surface area contributed by atoms with Crippen LogP contribution in [0, 0.1) is 0 Å². The summed E-state index contributed by atoms with van der Waals surface area (Å²) in [7, 11) is 0. The van der Waals surface area contributed by atoms with Crippen molar-refractivity contribution in [2.24, 2.45) is 0 Å². The van der Waals surface area contributed by atoms with Crippen LogP contribution >= 0.6 is 11.8 Å². The molecule has 17 heavy (non-hydrogen) atoms. The summed E-state index contributed by atoms with van der Waals surface area (Å²) in [6, 6.07) is 10.9. The second-order valence-corrected chi connectivity index (χ2v) is 5.13. The summed E-state index contributed by atoms with van der Waals surface area (Å²) in [5, 5.41) is 13.0. The van der Waals surface area contributed by atoms with Gasteiger partial charge < -0.3 is 10.4 Å². The molecule has 0 saturated heterocycles. The van der Waals surface area contributed by atoms with Crippen LogP contribution < -0.4 is 5.32 Å². The first-order valence-corrected chi connectivity index (χ1v) is 7.62. The number of hydrogen-bond donors (Lipinski definition) is 2. The van der Waals surface area contributed by atoms with Crippen LogP contribution in [0.4, 0.5) is 0 Å². The fourth-order valence-corrected chi connectivity index (χ4v) is 2.40. The molecule has 0 bridgehead atoms. The van der Waals surface area contributed by atoms with Gasteiger partial charge in [-0.05, 0) is 31.2 Å². The average molecular weight is 253 g/mol. The molecule has 3 heteroatoms. The quantitative estimate of drug-likeness (QED) is 0.747. The number of thioether (sulfide) groups is 1. The van der Waals surface area contributed by atoms with Gasteiger partial charge in [0.15, 0.2) is 0 Å². The predicted octanol–water partition coefficient (Wildman–Crippen LogP) is 2.84. The molecule has 0 heterocycles. The Kier molecular flexibility index (Phi) is 7.33. The Morgan fingerprint density at radius 3 is 2.59 bits per heavy atom. The van der Waals surface area contributed by atoms with Crippen LogP contribution in [0.15, 0.2) is 30.3 Å². The van der Waals surface area contributed by atoms with Crippen molar-refractivity contribution >= 4 is 11.8 Å². The van der Waals surface area contributed by atoms with E-state index in [0.29, 0.717) is 6.04 Å². The number of aliphatic hydroxyl groups is 1. The van der Waals surface area contributed by atoms with Gasteiger partial charge in [0.25, 0.3) is 0 Å². The molecule has 1 aromatic carbocycles. The molecule has 0 fully saturated rings. The zero-order chi connectivity index (χ0) is 12.5. The highest BCUT2D eigenvalue weighted by atomic mass is 32.2. The van der Waals surface area contributed by atoms with E-state index < -0.39 is 0 Å². The first kappa shape index (κ1) is 14.6. The van der Waals surface area contributed by atoms with E-state index >= 15 is 0 Å². The Morgan fingerprint density at radius 2 is 2.00 bits per heavy atom. The molecule has 0 aliphatic carbocycles. The maximum atomic E-state index is 9.53. The van der Waals surface area contributed by atoms with Crippen molar-refractivity contribution in [3.8, 4) is 0 Å². The van der Waals surface area contributed by atoms with Crippen molar-refractivity contribution in [3.63, 3.8) is 0 Å². The number of rotatable bonds is 8. The highest BCUT2D eigenvalue weighted by Gasteiger charge is 2.10. The van der Waals surface area contributed by atoms with Gasteiger partial charge in [0.05, 0.1) is 6.10 Å². The van der Waals surface area contributed by atoms with Gasteiger partial charge in [0.1, 0.15) is 0 Å². The number of hydrogen-bond acceptors (Lipinski definition) is 3. The second kappa shape index (κ2) is 8.56. The van der Waals surface area contributed by atoms with Gasteiger partial charge in [-0.3, -0.25) is 0 Å². The van der Waals surface area contributed by atoms with Crippen LogP contribution in [-0.2, 0) is 0 Å². The molecule has 2 unspecified atom stereocenters. The van der Waals surface area contributed by atoms with E-state index in [-0.39, 0.29) is 6.10 Å². The third-order valence-corrected chi connectivity index (χ3v) is 3.54. The van der Waals surface area contributed by atoms with Crippen LogP contribution in [0.5, 0.6) is 0 Å². The zero-order valence-corrected chi connectivity index (χ0v) is 11.5. The van der Waals surface area contributed by atoms with Crippen LogP contribution in [0.25, 0.3) is 0 Å². The summed E-state index contributed by atoms with van der Waals surface area (Å²) in [6.07, 6.45) is 3.61. The summed E-state index contributed by atoms with van der Waals surface area (Å²) >= 11 is 1.84. The van der Waals surface area contributed by atoms with E-state index in [2.05, 4.69) is 35.8 Å². The third-order valence-electron chi connectivity index (χ3n) is 2.87. The fraction of sp³-hybridized carbons (Fsp3) is 0.571.